The summed E-state index contributed by atoms with van der Waals surface area (Å²) in [7, 11) is 0. The lowest BCUT2D eigenvalue weighted by molar-refractivity contribution is -0.157. The third kappa shape index (κ3) is 25.1. The number of carboxylic acid groups (broad SMARTS) is 1. The molecule has 0 aliphatic heterocycles. The molecule has 0 aliphatic carbocycles. The summed E-state index contributed by atoms with van der Waals surface area (Å²) in [4.78, 5) is 75.0. The maximum Gasteiger partial charge on any atom is 0.408 e. The largest absolute Gasteiger partial charge is 0.480 e. The molecule has 15 heteroatoms. The predicted molar refractivity (Wildman–Crippen MR) is 185 cm³/mol. The molecule has 0 heterocycles. The van der Waals surface area contributed by atoms with E-state index in [4.69, 9.17) is 14.2 Å². The summed E-state index contributed by atoms with van der Waals surface area (Å²) in [5.74, 6) is -3.11. The highest BCUT2D eigenvalue weighted by atomic mass is 16.6. The molecule has 0 bridgehead atoms. The number of esters is 1. The van der Waals surface area contributed by atoms with Crippen LogP contribution in [0.15, 0.2) is 0 Å². The molecule has 4 amide bonds. The lowest BCUT2D eigenvalue weighted by atomic mass is 10.0. The molecule has 0 fully saturated rings. The Bertz CT molecular complexity index is 1080. The van der Waals surface area contributed by atoms with Crippen molar-refractivity contribution in [1.82, 2.24) is 26.6 Å². The molecule has 0 rings (SSSR count). The summed E-state index contributed by atoms with van der Waals surface area (Å²) < 4.78 is 15.8. The number of ether oxygens (including phenoxy) is 3. The van der Waals surface area contributed by atoms with Crippen molar-refractivity contribution in [2.45, 2.75) is 156 Å². The molecule has 15 nitrogen and oxygen atoms in total. The Kier molecular flexibility index (Phi) is 19.9. The number of hydrogen-bond donors (Lipinski definition) is 6. The van der Waals surface area contributed by atoms with Crippen LogP contribution < -0.4 is 26.6 Å². The predicted octanol–water partition coefficient (Wildman–Crippen LogP) is 3.78. The summed E-state index contributed by atoms with van der Waals surface area (Å²) in [5.41, 5.74) is -2.21. The summed E-state index contributed by atoms with van der Waals surface area (Å²) in [6.07, 6.45) is 0.669. The molecule has 3 atom stereocenters. The van der Waals surface area contributed by atoms with E-state index < -0.39 is 70.9 Å². The molecule has 0 aromatic heterocycles. The minimum absolute atomic E-state index is 0.00640. The highest BCUT2D eigenvalue weighted by Gasteiger charge is 2.31. The molecule has 0 saturated heterocycles. The van der Waals surface area contributed by atoms with E-state index in [1.54, 1.807) is 62.3 Å². The van der Waals surface area contributed by atoms with Crippen molar-refractivity contribution in [1.29, 1.82) is 0 Å². The maximum atomic E-state index is 13.2. The van der Waals surface area contributed by atoms with Crippen molar-refractivity contribution in [3.8, 4) is 0 Å². The quantitative estimate of drug-likeness (QED) is 0.0611. The molecular formula is C34H63N5O10. The van der Waals surface area contributed by atoms with Gasteiger partial charge < -0.3 is 45.9 Å². The fourth-order valence-electron chi connectivity index (χ4n) is 4.29. The van der Waals surface area contributed by atoms with E-state index in [1.807, 2.05) is 13.8 Å². The second-order valence-electron chi connectivity index (χ2n) is 15.4. The van der Waals surface area contributed by atoms with Gasteiger partial charge in [-0.15, -0.1) is 0 Å². The fourth-order valence-corrected chi connectivity index (χ4v) is 4.29. The van der Waals surface area contributed by atoms with E-state index in [9.17, 15) is 33.9 Å². The molecular weight excluding hydrogens is 638 g/mol. The number of rotatable bonds is 20. The molecule has 0 saturated carbocycles. The molecule has 49 heavy (non-hydrogen) atoms. The van der Waals surface area contributed by atoms with Gasteiger partial charge in [0.05, 0.1) is 0 Å². The average Bonchev–Trinajstić information content (AvgIpc) is 2.89. The van der Waals surface area contributed by atoms with Gasteiger partial charge in [-0.25, -0.2) is 19.2 Å². The number of carboxylic acids is 1. The molecule has 0 unspecified atom stereocenters. The maximum absolute atomic E-state index is 13.2. The smallest absolute Gasteiger partial charge is 0.408 e. The number of unbranched alkanes of at least 4 members (excludes halogenated alkanes) is 1. The van der Waals surface area contributed by atoms with Crippen LogP contribution in [0.3, 0.4) is 0 Å². The highest BCUT2D eigenvalue weighted by Crippen LogP contribution is 2.14. The number of alkyl carbamates (subject to hydrolysis) is 2. The van der Waals surface area contributed by atoms with Gasteiger partial charge >= 0.3 is 24.1 Å². The van der Waals surface area contributed by atoms with Gasteiger partial charge in [0.2, 0.25) is 11.8 Å². The van der Waals surface area contributed by atoms with Gasteiger partial charge in [-0.05, 0) is 120 Å². The van der Waals surface area contributed by atoms with Crippen molar-refractivity contribution < 1.29 is 48.1 Å². The molecule has 6 N–H and O–H groups in total. The van der Waals surface area contributed by atoms with Gasteiger partial charge in [-0.2, -0.15) is 0 Å². The molecule has 284 valence electrons. The van der Waals surface area contributed by atoms with E-state index in [0.29, 0.717) is 38.9 Å². The van der Waals surface area contributed by atoms with Gasteiger partial charge in [0.25, 0.3) is 0 Å². The lowest BCUT2D eigenvalue weighted by Gasteiger charge is -2.26. The van der Waals surface area contributed by atoms with Crippen LogP contribution in [0, 0.1) is 5.92 Å². The Labute approximate surface area is 292 Å². The normalized spacial score (nSPS) is 13.8. The third-order valence-electron chi connectivity index (χ3n) is 6.31. The van der Waals surface area contributed by atoms with Crippen LogP contribution in [0.5, 0.6) is 0 Å². The van der Waals surface area contributed by atoms with Gasteiger partial charge in [0, 0.05) is 13.0 Å². The summed E-state index contributed by atoms with van der Waals surface area (Å²) in [6.45, 7) is 20.9. The first kappa shape index (κ1) is 45.4. The second-order valence-corrected chi connectivity index (χ2v) is 15.4. The number of hydrogen-bond acceptors (Lipinski definition) is 10. The summed E-state index contributed by atoms with van der Waals surface area (Å²) in [5, 5.41) is 23.4. The monoisotopic (exact) mass is 701 g/mol. The van der Waals surface area contributed by atoms with E-state index in [-0.39, 0.29) is 31.6 Å². The Morgan fingerprint density at radius 3 is 1.69 bits per heavy atom. The van der Waals surface area contributed by atoms with E-state index in [1.165, 1.54) is 0 Å². The first-order valence-electron chi connectivity index (χ1n) is 17.1. The third-order valence-corrected chi connectivity index (χ3v) is 6.31. The second kappa shape index (κ2) is 21.5. The van der Waals surface area contributed by atoms with Crippen LogP contribution in [-0.2, 0) is 33.4 Å². The Morgan fingerprint density at radius 2 is 1.16 bits per heavy atom. The Balaban J connectivity index is 5.02. The first-order chi connectivity index (χ1) is 22.4. The van der Waals surface area contributed by atoms with E-state index in [0.717, 1.165) is 0 Å². The van der Waals surface area contributed by atoms with Crippen LogP contribution in [-0.4, -0.2) is 95.6 Å². The van der Waals surface area contributed by atoms with Crippen molar-refractivity contribution in [2.75, 3.05) is 19.6 Å². The molecule has 0 radical (unpaired) electrons. The van der Waals surface area contributed by atoms with Crippen LogP contribution >= 0.6 is 0 Å². The number of amides is 4. The summed E-state index contributed by atoms with van der Waals surface area (Å²) in [6, 6.07) is -3.34. The van der Waals surface area contributed by atoms with E-state index in [2.05, 4.69) is 26.6 Å². The van der Waals surface area contributed by atoms with Crippen LogP contribution in [0.2, 0.25) is 0 Å². The lowest BCUT2D eigenvalue weighted by Crippen LogP contribution is -2.52. The number of carbonyl (C=O) groups is 6. The highest BCUT2D eigenvalue weighted by molar-refractivity contribution is 5.90. The van der Waals surface area contributed by atoms with Crippen molar-refractivity contribution in [3.05, 3.63) is 0 Å². The van der Waals surface area contributed by atoms with Crippen LogP contribution in [0.25, 0.3) is 0 Å². The number of aliphatic carboxylic acids is 1. The molecule has 0 aliphatic rings. The SMILES string of the molecule is CC(C)C[C@H](NC(=O)CC[C@H](NC(=O)OC(C)(C)C)C(=O)OC(C)(C)C)C(=O)N[C@@H](CCCCNCCCNC(=O)OC(C)(C)C)C(=O)O. The van der Waals surface area contributed by atoms with Crippen molar-refractivity contribution in [2.24, 2.45) is 5.92 Å². The minimum atomic E-state index is -1.18. The zero-order valence-corrected chi connectivity index (χ0v) is 31.5. The van der Waals surface area contributed by atoms with Crippen molar-refractivity contribution in [3.63, 3.8) is 0 Å². The number of nitrogens with one attached hydrogen (secondary N) is 5. The first-order valence-corrected chi connectivity index (χ1v) is 17.1. The standard InChI is InChI=1S/C34H63N5O10/c1-22(2)21-25(37-26(40)17-16-24(29(44)47-32(3,4)5)39-31(46)49-34(9,10)11)27(41)38-23(28(42)43)15-12-13-18-35-19-14-20-36-30(45)48-33(6,7)8/h22-25,35H,12-21H2,1-11H3,(H,36,45)(H,37,40)(H,38,41)(H,39,46)(H,42,43)/t23-,24-,25-/m0/s1. The topological polar surface area (TPSA) is 210 Å². The molecule has 0 aromatic rings. The number of carbonyl (C=O) groups excluding carboxylic acids is 5. The van der Waals surface area contributed by atoms with Crippen LogP contribution in [0.4, 0.5) is 9.59 Å². The Hall–Kier alpha value is -3.62. The Morgan fingerprint density at radius 1 is 0.612 bits per heavy atom. The van der Waals surface area contributed by atoms with Crippen molar-refractivity contribution >= 4 is 35.9 Å². The zero-order valence-electron chi connectivity index (χ0n) is 31.5. The molecule has 0 spiro atoms. The van der Waals surface area contributed by atoms with Gasteiger partial charge in [0.15, 0.2) is 0 Å². The fraction of sp³-hybridized carbons (Fsp3) is 0.824. The molecule has 0 aromatic carbocycles. The average molecular weight is 702 g/mol. The zero-order chi connectivity index (χ0) is 38.0. The summed E-state index contributed by atoms with van der Waals surface area (Å²) >= 11 is 0. The van der Waals surface area contributed by atoms with Gasteiger partial charge in [-0.1, -0.05) is 13.8 Å². The van der Waals surface area contributed by atoms with E-state index >= 15 is 0 Å². The van der Waals surface area contributed by atoms with Gasteiger partial charge in [0.1, 0.15) is 34.9 Å². The van der Waals surface area contributed by atoms with Gasteiger partial charge in [-0.3, -0.25) is 9.59 Å². The van der Waals surface area contributed by atoms with Crippen LogP contribution in [0.1, 0.15) is 121 Å². The minimum Gasteiger partial charge on any atom is -0.480 e.